The average molecular weight is 511 g/mol. The first-order chi connectivity index (χ1) is 17.0. The van der Waals surface area contributed by atoms with Crippen molar-refractivity contribution in [3.63, 3.8) is 0 Å². The number of hydrazone groups is 1. The third kappa shape index (κ3) is 5.95. The molecule has 4 aromatic rings. The molecule has 3 aromatic carbocycles. The maximum absolute atomic E-state index is 13.5. The van der Waals surface area contributed by atoms with Crippen molar-refractivity contribution in [2.24, 2.45) is 5.10 Å². The second-order valence-electron chi connectivity index (χ2n) is 7.15. The molecular weight excluding hydrogens is 491 g/mol. The number of aromatic nitrogens is 1. The molecule has 4 rings (SSSR count). The fraction of sp³-hybridized carbons (Fsp3) is 0.0800. The lowest BCUT2D eigenvalue weighted by atomic mass is 10.1. The zero-order valence-corrected chi connectivity index (χ0v) is 20.3. The SMILES string of the molecule is COc1ccc(/C=N\Nc2nc(-c3ccc(F)cc3)c(NC(=O)c3ccc(Cl)cc3)s2)cc1OC. The standard InChI is InChI=1S/C25H20ClFN4O3S/c1-33-20-12-3-15(13-21(20)34-2)14-28-31-25-29-22(16-6-10-19(27)11-7-16)24(35-25)30-23(32)17-4-8-18(26)9-5-17/h3-14H,1-2H3,(H,29,31)(H,30,32)/b28-14-. The molecule has 0 radical (unpaired) electrons. The number of benzene rings is 3. The summed E-state index contributed by atoms with van der Waals surface area (Å²) >= 11 is 7.12. The number of anilines is 2. The predicted molar refractivity (Wildman–Crippen MR) is 138 cm³/mol. The number of ether oxygens (including phenoxy) is 2. The van der Waals surface area contributed by atoms with Crippen molar-refractivity contribution in [1.82, 2.24) is 4.98 Å². The zero-order valence-electron chi connectivity index (χ0n) is 18.7. The molecule has 0 aliphatic rings. The Balaban J connectivity index is 1.58. The highest BCUT2D eigenvalue weighted by Crippen LogP contribution is 2.36. The summed E-state index contributed by atoms with van der Waals surface area (Å²) < 4.78 is 24.0. The van der Waals surface area contributed by atoms with Crippen molar-refractivity contribution in [2.75, 3.05) is 25.0 Å². The number of hydrogen-bond acceptors (Lipinski definition) is 7. The van der Waals surface area contributed by atoms with Crippen LogP contribution in [-0.2, 0) is 0 Å². The molecule has 0 aliphatic carbocycles. The van der Waals surface area contributed by atoms with Gasteiger partial charge in [-0.1, -0.05) is 22.9 Å². The van der Waals surface area contributed by atoms with Gasteiger partial charge in [0.05, 0.1) is 20.4 Å². The number of nitrogens with zero attached hydrogens (tertiary/aromatic N) is 2. The lowest BCUT2D eigenvalue weighted by molar-refractivity contribution is 0.102. The smallest absolute Gasteiger partial charge is 0.256 e. The topological polar surface area (TPSA) is 84.8 Å². The predicted octanol–water partition coefficient (Wildman–Crippen LogP) is 6.32. The molecule has 0 saturated heterocycles. The first-order valence-electron chi connectivity index (χ1n) is 10.3. The summed E-state index contributed by atoms with van der Waals surface area (Å²) in [5.41, 5.74) is 5.23. The van der Waals surface area contributed by atoms with Gasteiger partial charge in [-0.15, -0.1) is 0 Å². The average Bonchev–Trinajstić information content (AvgIpc) is 3.27. The van der Waals surface area contributed by atoms with Crippen LogP contribution in [0, 0.1) is 5.82 Å². The Labute approximate surface area is 210 Å². The summed E-state index contributed by atoms with van der Waals surface area (Å²) in [6, 6.07) is 17.8. The number of rotatable bonds is 8. The maximum Gasteiger partial charge on any atom is 0.256 e. The minimum atomic E-state index is -0.367. The summed E-state index contributed by atoms with van der Waals surface area (Å²) in [6.45, 7) is 0. The van der Waals surface area contributed by atoms with Crippen molar-refractivity contribution in [2.45, 2.75) is 0 Å². The molecular formula is C25H20ClFN4O3S. The Morgan fingerprint density at radius 1 is 1.03 bits per heavy atom. The Kier molecular flexibility index (Phi) is 7.59. The number of carbonyl (C=O) groups excluding carboxylic acids is 1. The first kappa shape index (κ1) is 24.2. The molecule has 0 saturated carbocycles. The highest BCUT2D eigenvalue weighted by atomic mass is 35.5. The van der Waals surface area contributed by atoms with Crippen LogP contribution in [0.3, 0.4) is 0 Å². The van der Waals surface area contributed by atoms with Crippen LogP contribution in [-0.4, -0.2) is 31.3 Å². The largest absolute Gasteiger partial charge is 0.493 e. The van der Waals surface area contributed by atoms with Crippen LogP contribution in [0.5, 0.6) is 11.5 Å². The normalized spacial score (nSPS) is 10.9. The van der Waals surface area contributed by atoms with Gasteiger partial charge in [-0.3, -0.25) is 10.2 Å². The van der Waals surface area contributed by atoms with E-state index in [1.54, 1.807) is 69.0 Å². The van der Waals surface area contributed by atoms with Crippen molar-refractivity contribution < 1.29 is 18.7 Å². The minimum absolute atomic E-state index is 0.325. The van der Waals surface area contributed by atoms with Gasteiger partial charge in [0, 0.05) is 16.1 Å². The first-order valence-corrected chi connectivity index (χ1v) is 11.5. The van der Waals surface area contributed by atoms with Crippen LogP contribution in [0.2, 0.25) is 5.02 Å². The number of nitrogens with one attached hydrogen (secondary N) is 2. The number of amides is 1. The Hall–Kier alpha value is -3.95. The van der Waals surface area contributed by atoms with Gasteiger partial charge in [0.2, 0.25) is 5.13 Å². The van der Waals surface area contributed by atoms with Crippen molar-refractivity contribution in [3.8, 4) is 22.8 Å². The molecule has 0 bridgehead atoms. The van der Waals surface area contributed by atoms with Crippen molar-refractivity contribution in [1.29, 1.82) is 0 Å². The van der Waals surface area contributed by atoms with Gasteiger partial charge in [0.15, 0.2) is 11.5 Å². The molecule has 1 aromatic heterocycles. The lowest BCUT2D eigenvalue weighted by Gasteiger charge is -2.07. The summed E-state index contributed by atoms with van der Waals surface area (Å²) in [5.74, 6) is 0.502. The molecule has 2 N–H and O–H groups in total. The number of hydrogen-bond donors (Lipinski definition) is 2. The van der Waals surface area contributed by atoms with Crippen LogP contribution >= 0.6 is 22.9 Å². The third-order valence-corrected chi connectivity index (χ3v) is 5.99. The van der Waals surface area contributed by atoms with E-state index in [0.29, 0.717) is 43.5 Å². The highest BCUT2D eigenvalue weighted by Gasteiger charge is 2.17. The van der Waals surface area contributed by atoms with E-state index in [4.69, 9.17) is 21.1 Å². The number of thiazole rings is 1. The second kappa shape index (κ2) is 11.0. The lowest BCUT2D eigenvalue weighted by Crippen LogP contribution is -2.11. The van der Waals surface area contributed by atoms with Gasteiger partial charge >= 0.3 is 0 Å². The molecule has 1 heterocycles. The molecule has 10 heteroatoms. The highest BCUT2D eigenvalue weighted by molar-refractivity contribution is 7.20. The van der Waals surface area contributed by atoms with Crippen LogP contribution in [0.15, 0.2) is 71.8 Å². The van der Waals surface area contributed by atoms with E-state index < -0.39 is 0 Å². The Morgan fingerprint density at radius 2 is 1.74 bits per heavy atom. The van der Waals surface area contributed by atoms with Crippen LogP contribution < -0.4 is 20.2 Å². The molecule has 0 unspecified atom stereocenters. The molecule has 35 heavy (non-hydrogen) atoms. The number of carbonyl (C=O) groups is 1. The Bertz CT molecular complexity index is 1360. The monoisotopic (exact) mass is 510 g/mol. The summed E-state index contributed by atoms with van der Waals surface area (Å²) in [5, 5.41) is 8.57. The number of methoxy groups -OCH3 is 2. The molecule has 0 fully saturated rings. The van der Waals surface area contributed by atoms with Crippen LogP contribution in [0.4, 0.5) is 14.5 Å². The third-order valence-electron chi connectivity index (χ3n) is 4.86. The fourth-order valence-electron chi connectivity index (χ4n) is 3.13. The molecule has 1 amide bonds. The van der Waals surface area contributed by atoms with Gasteiger partial charge < -0.3 is 14.8 Å². The van der Waals surface area contributed by atoms with E-state index in [0.717, 1.165) is 5.56 Å². The molecule has 0 aliphatic heterocycles. The van der Waals surface area contributed by atoms with Crippen LogP contribution in [0.25, 0.3) is 11.3 Å². The molecule has 0 spiro atoms. The van der Waals surface area contributed by atoms with E-state index in [1.807, 2.05) is 6.07 Å². The van der Waals surface area contributed by atoms with Gasteiger partial charge in [-0.05, 0) is 72.3 Å². The van der Waals surface area contributed by atoms with Gasteiger partial charge in [-0.2, -0.15) is 5.10 Å². The zero-order chi connectivity index (χ0) is 24.8. The van der Waals surface area contributed by atoms with Crippen molar-refractivity contribution in [3.05, 3.63) is 88.7 Å². The fourth-order valence-corrected chi connectivity index (χ4v) is 4.09. The molecule has 0 atom stereocenters. The second-order valence-corrected chi connectivity index (χ2v) is 8.58. The maximum atomic E-state index is 13.5. The van der Waals surface area contributed by atoms with E-state index in [1.165, 1.54) is 23.5 Å². The van der Waals surface area contributed by atoms with Crippen LogP contribution in [0.1, 0.15) is 15.9 Å². The Morgan fingerprint density at radius 3 is 2.43 bits per heavy atom. The van der Waals surface area contributed by atoms with Gasteiger partial charge in [0.25, 0.3) is 5.91 Å². The summed E-state index contributed by atoms with van der Waals surface area (Å²) in [6.07, 6.45) is 1.60. The molecule has 178 valence electrons. The molecule has 7 nitrogen and oxygen atoms in total. The minimum Gasteiger partial charge on any atom is -0.493 e. The van der Waals surface area contributed by atoms with E-state index in [2.05, 4.69) is 20.8 Å². The van der Waals surface area contributed by atoms with E-state index in [9.17, 15) is 9.18 Å². The van der Waals surface area contributed by atoms with Crippen molar-refractivity contribution >= 4 is 45.2 Å². The van der Waals surface area contributed by atoms with Gasteiger partial charge in [-0.25, -0.2) is 9.37 Å². The van der Waals surface area contributed by atoms with E-state index in [-0.39, 0.29) is 11.7 Å². The van der Waals surface area contributed by atoms with E-state index >= 15 is 0 Å². The number of halogens is 2. The quantitative estimate of drug-likeness (QED) is 0.214. The summed E-state index contributed by atoms with van der Waals surface area (Å²) in [7, 11) is 3.13. The summed E-state index contributed by atoms with van der Waals surface area (Å²) in [4.78, 5) is 17.3. The van der Waals surface area contributed by atoms with Gasteiger partial charge in [0.1, 0.15) is 16.5 Å².